The fraction of sp³-hybridized carbons (Fsp3) is 0.600. The third-order valence-electron chi connectivity index (χ3n) is 3.90. The number of nitrogens with two attached hydrogens (primary N) is 1. The smallest absolute Gasteiger partial charge is 0.142 e. The van der Waals surface area contributed by atoms with E-state index in [0.29, 0.717) is 16.0 Å². The summed E-state index contributed by atoms with van der Waals surface area (Å²) in [6.07, 6.45) is 2.84. The summed E-state index contributed by atoms with van der Waals surface area (Å²) >= 11 is 3.25. The van der Waals surface area contributed by atoms with Gasteiger partial charge in [-0.1, -0.05) is 32.9 Å². The van der Waals surface area contributed by atoms with Gasteiger partial charge in [0.15, 0.2) is 0 Å². The Morgan fingerprint density at radius 1 is 1.33 bits per heavy atom. The molecule has 1 nitrogen and oxygen atoms in total. The lowest BCUT2D eigenvalue weighted by atomic mass is 9.62. The molecule has 0 spiro atoms. The summed E-state index contributed by atoms with van der Waals surface area (Å²) in [5.41, 5.74) is 6.83. The van der Waals surface area contributed by atoms with Crippen LogP contribution in [0, 0.1) is 17.2 Å². The molecule has 2 N–H and O–H groups in total. The molecule has 0 radical (unpaired) electrons. The van der Waals surface area contributed by atoms with Crippen molar-refractivity contribution in [3.8, 4) is 0 Å². The van der Waals surface area contributed by atoms with Crippen LogP contribution in [0.15, 0.2) is 22.7 Å². The zero-order valence-electron chi connectivity index (χ0n) is 11.3. The van der Waals surface area contributed by atoms with E-state index >= 15 is 0 Å². The molecule has 2 unspecified atom stereocenters. The van der Waals surface area contributed by atoms with E-state index in [4.69, 9.17) is 5.73 Å². The SMILES string of the molecule is CC1CC(C)(C)CC(N)(c2cccc(Br)c2F)C1. The van der Waals surface area contributed by atoms with Gasteiger partial charge in [-0.25, -0.2) is 4.39 Å². The normalized spacial score (nSPS) is 31.3. The highest BCUT2D eigenvalue weighted by Crippen LogP contribution is 2.48. The molecule has 0 aliphatic heterocycles. The fourth-order valence-corrected chi connectivity index (χ4v) is 4.10. The van der Waals surface area contributed by atoms with Crippen molar-refractivity contribution < 1.29 is 4.39 Å². The number of hydrogen-bond acceptors (Lipinski definition) is 1. The van der Waals surface area contributed by atoms with Crippen molar-refractivity contribution >= 4 is 15.9 Å². The Kier molecular flexibility index (Phi) is 3.58. The summed E-state index contributed by atoms with van der Waals surface area (Å²) in [5, 5.41) is 0. The van der Waals surface area contributed by atoms with Crippen LogP contribution in [0.1, 0.15) is 45.6 Å². The van der Waals surface area contributed by atoms with Crippen LogP contribution < -0.4 is 5.73 Å². The van der Waals surface area contributed by atoms with Crippen molar-refractivity contribution in [2.45, 2.75) is 45.6 Å². The predicted molar refractivity (Wildman–Crippen MR) is 76.8 cm³/mol. The molecular formula is C15H21BrFN. The van der Waals surface area contributed by atoms with Crippen molar-refractivity contribution in [2.75, 3.05) is 0 Å². The van der Waals surface area contributed by atoms with E-state index in [9.17, 15) is 4.39 Å². The zero-order valence-corrected chi connectivity index (χ0v) is 12.8. The molecule has 100 valence electrons. The van der Waals surface area contributed by atoms with Crippen molar-refractivity contribution in [3.05, 3.63) is 34.1 Å². The Morgan fingerprint density at radius 2 is 2.00 bits per heavy atom. The first kappa shape index (κ1) is 14.0. The summed E-state index contributed by atoms with van der Waals surface area (Å²) in [5.74, 6) is 0.321. The molecule has 1 aliphatic rings. The Morgan fingerprint density at radius 3 is 2.61 bits per heavy atom. The van der Waals surface area contributed by atoms with Gasteiger partial charge in [0, 0.05) is 11.1 Å². The molecular weight excluding hydrogens is 293 g/mol. The van der Waals surface area contributed by atoms with Gasteiger partial charge >= 0.3 is 0 Å². The van der Waals surface area contributed by atoms with Gasteiger partial charge < -0.3 is 5.73 Å². The Balaban J connectivity index is 2.44. The highest BCUT2D eigenvalue weighted by atomic mass is 79.9. The van der Waals surface area contributed by atoms with Crippen LogP contribution in [-0.4, -0.2) is 0 Å². The van der Waals surface area contributed by atoms with E-state index in [1.807, 2.05) is 12.1 Å². The first-order valence-electron chi connectivity index (χ1n) is 6.47. The fourth-order valence-electron chi connectivity index (χ4n) is 3.73. The van der Waals surface area contributed by atoms with E-state index in [1.165, 1.54) is 0 Å². The molecule has 1 fully saturated rings. The summed E-state index contributed by atoms with van der Waals surface area (Å²) < 4.78 is 14.8. The molecule has 1 aromatic carbocycles. The number of rotatable bonds is 1. The quantitative estimate of drug-likeness (QED) is 0.806. The van der Waals surface area contributed by atoms with Crippen molar-refractivity contribution in [1.29, 1.82) is 0 Å². The highest BCUT2D eigenvalue weighted by molar-refractivity contribution is 9.10. The molecule has 1 aromatic rings. The van der Waals surface area contributed by atoms with E-state index in [-0.39, 0.29) is 11.2 Å². The van der Waals surface area contributed by atoms with Gasteiger partial charge in [0.05, 0.1) is 4.47 Å². The predicted octanol–water partition coefficient (Wildman–Crippen LogP) is 4.59. The molecule has 0 amide bonds. The molecule has 0 aromatic heterocycles. The van der Waals surface area contributed by atoms with E-state index in [2.05, 4.69) is 36.7 Å². The van der Waals surface area contributed by atoms with Gasteiger partial charge in [-0.2, -0.15) is 0 Å². The third kappa shape index (κ3) is 2.62. The lowest BCUT2D eigenvalue weighted by Crippen LogP contribution is -2.47. The zero-order chi connectivity index (χ0) is 13.6. The van der Waals surface area contributed by atoms with Crippen molar-refractivity contribution in [3.63, 3.8) is 0 Å². The molecule has 0 heterocycles. The average molecular weight is 314 g/mol. The van der Waals surface area contributed by atoms with Crippen LogP contribution in [0.4, 0.5) is 4.39 Å². The minimum atomic E-state index is -0.547. The molecule has 18 heavy (non-hydrogen) atoms. The van der Waals surface area contributed by atoms with Gasteiger partial charge in [-0.05, 0) is 52.6 Å². The van der Waals surface area contributed by atoms with E-state index in [0.717, 1.165) is 19.3 Å². The molecule has 1 saturated carbocycles. The van der Waals surface area contributed by atoms with Gasteiger partial charge in [-0.15, -0.1) is 0 Å². The molecule has 0 bridgehead atoms. The van der Waals surface area contributed by atoms with E-state index in [1.54, 1.807) is 6.07 Å². The molecule has 2 atom stereocenters. The Labute approximate surface area is 117 Å². The molecule has 3 heteroatoms. The minimum Gasteiger partial charge on any atom is -0.321 e. The third-order valence-corrected chi connectivity index (χ3v) is 4.51. The Hall–Kier alpha value is -0.410. The first-order chi connectivity index (χ1) is 8.23. The summed E-state index contributed by atoms with van der Waals surface area (Å²) in [7, 11) is 0. The lowest BCUT2D eigenvalue weighted by molar-refractivity contribution is 0.105. The van der Waals surface area contributed by atoms with Crippen LogP contribution in [0.3, 0.4) is 0 Å². The number of benzene rings is 1. The molecule has 0 saturated heterocycles. The Bertz CT molecular complexity index is 458. The maximum Gasteiger partial charge on any atom is 0.142 e. The average Bonchev–Trinajstić information content (AvgIpc) is 2.18. The second-order valence-corrected chi connectivity index (χ2v) is 7.47. The van der Waals surface area contributed by atoms with Gasteiger partial charge in [0.1, 0.15) is 5.82 Å². The maximum absolute atomic E-state index is 14.3. The van der Waals surface area contributed by atoms with Crippen LogP contribution in [-0.2, 0) is 5.54 Å². The van der Waals surface area contributed by atoms with Crippen LogP contribution in [0.5, 0.6) is 0 Å². The standard InChI is InChI=1S/C15H21BrFN/c1-10-7-14(2,3)9-15(18,8-10)11-5-4-6-12(16)13(11)17/h4-6,10H,7-9,18H2,1-3H3. The summed E-state index contributed by atoms with van der Waals surface area (Å²) in [6, 6.07) is 5.41. The van der Waals surface area contributed by atoms with Crippen LogP contribution in [0.2, 0.25) is 0 Å². The largest absolute Gasteiger partial charge is 0.321 e. The topological polar surface area (TPSA) is 26.0 Å². The summed E-state index contributed by atoms with van der Waals surface area (Å²) in [4.78, 5) is 0. The summed E-state index contributed by atoms with van der Waals surface area (Å²) in [6.45, 7) is 6.65. The molecule has 1 aliphatic carbocycles. The second kappa shape index (κ2) is 4.61. The lowest BCUT2D eigenvalue weighted by Gasteiger charge is -2.46. The second-order valence-electron chi connectivity index (χ2n) is 6.61. The monoisotopic (exact) mass is 313 g/mol. The minimum absolute atomic E-state index is 0.168. The van der Waals surface area contributed by atoms with Gasteiger partial charge in [0.25, 0.3) is 0 Å². The van der Waals surface area contributed by atoms with Gasteiger partial charge in [-0.3, -0.25) is 0 Å². The van der Waals surface area contributed by atoms with Crippen LogP contribution in [0.25, 0.3) is 0 Å². The van der Waals surface area contributed by atoms with Crippen LogP contribution >= 0.6 is 15.9 Å². The number of halogens is 2. The number of hydrogen-bond donors (Lipinski definition) is 1. The van der Waals surface area contributed by atoms with Gasteiger partial charge in [0.2, 0.25) is 0 Å². The van der Waals surface area contributed by atoms with Crippen molar-refractivity contribution in [1.82, 2.24) is 0 Å². The van der Waals surface area contributed by atoms with E-state index < -0.39 is 5.54 Å². The van der Waals surface area contributed by atoms with Crippen molar-refractivity contribution in [2.24, 2.45) is 17.1 Å². The first-order valence-corrected chi connectivity index (χ1v) is 7.26. The molecule has 2 rings (SSSR count). The highest BCUT2D eigenvalue weighted by Gasteiger charge is 2.42. The maximum atomic E-state index is 14.3.